The number of hydrogen-bond donors (Lipinski definition) is 0. The molecule has 0 saturated carbocycles. The zero-order valence-corrected chi connectivity index (χ0v) is 20.6. The highest BCUT2D eigenvalue weighted by molar-refractivity contribution is 6.41. The van der Waals surface area contributed by atoms with Crippen LogP contribution in [0.1, 0.15) is 0 Å². The number of para-hydroxylation sites is 1. The number of aromatic nitrogens is 3. The molecule has 0 unspecified atom stereocenters. The van der Waals surface area contributed by atoms with Gasteiger partial charge in [-0.15, -0.1) is 0 Å². The van der Waals surface area contributed by atoms with Crippen LogP contribution in [0.4, 0.5) is 0 Å². The van der Waals surface area contributed by atoms with Crippen LogP contribution in [0, 0.1) is 0 Å². The Balaban J connectivity index is 1.37. The Morgan fingerprint density at radius 1 is 0.500 bits per heavy atom. The van der Waals surface area contributed by atoms with Crippen LogP contribution in [0.3, 0.4) is 0 Å². The van der Waals surface area contributed by atoms with Crippen LogP contribution >= 0.6 is 0 Å². The summed E-state index contributed by atoms with van der Waals surface area (Å²) in [5.41, 5.74) is 8.95. The molecule has 0 amide bonds. The average molecular weight is 483 g/mol. The maximum Gasteiger partial charge on any atom is 0.160 e. The fraction of sp³-hybridized carbons (Fsp3) is 0. The molecule has 0 atom stereocenters. The van der Waals surface area contributed by atoms with Crippen LogP contribution in [0.25, 0.3) is 61.4 Å². The summed E-state index contributed by atoms with van der Waals surface area (Å²) in [5.74, 6) is 0.697. The highest BCUT2D eigenvalue weighted by Crippen LogP contribution is 2.32. The van der Waals surface area contributed by atoms with Crippen molar-refractivity contribution in [3.05, 3.63) is 133 Å². The highest BCUT2D eigenvalue weighted by Gasteiger charge is 2.14. The molecule has 0 N–H and O–H groups in total. The largest absolute Gasteiger partial charge is 0.309 e. The Kier molecular flexibility index (Phi) is 5.37. The van der Waals surface area contributed by atoms with E-state index in [0.29, 0.717) is 5.82 Å². The van der Waals surface area contributed by atoms with Gasteiger partial charge in [0, 0.05) is 33.2 Å². The van der Waals surface area contributed by atoms with Crippen LogP contribution < -0.4 is 5.46 Å². The minimum absolute atomic E-state index is 0.697. The Labute approximate surface area is 222 Å². The van der Waals surface area contributed by atoms with E-state index in [-0.39, 0.29) is 0 Å². The second-order valence-corrected chi connectivity index (χ2v) is 9.33. The molecule has 0 spiro atoms. The third-order valence-electron chi connectivity index (χ3n) is 6.98. The van der Waals surface area contributed by atoms with Gasteiger partial charge in [-0.05, 0) is 42.5 Å². The van der Waals surface area contributed by atoms with Gasteiger partial charge in [0.05, 0.1) is 22.4 Å². The van der Waals surface area contributed by atoms with E-state index in [2.05, 4.69) is 89.5 Å². The second kappa shape index (κ2) is 9.17. The molecule has 2 radical (unpaired) electrons. The Hall–Kier alpha value is -4.96. The molecular formula is C34H22BN3. The van der Waals surface area contributed by atoms with E-state index in [4.69, 9.17) is 17.8 Å². The van der Waals surface area contributed by atoms with Crippen molar-refractivity contribution in [2.24, 2.45) is 0 Å². The van der Waals surface area contributed by atoms with Gasteiger partial charge in [-0.1, -0.05) is 96.5 Å². The van der Waals surface area contributed by atoms with Crippen molar-refractivity contribution >= 4 is 35.1 Å². The SMILES string of the molecule is [B]c1cccc2c1c1ccccc1n2-c1ccc(-c2nc(-c3ccccc3)cc(-c3ccccc3)n2)cc1. The normalized spacial score (nSPS) is 11.3. The number of benzene rings is 5. The summed E-state index contributed by atoms with van der Waals surface area (Å²) >= 11 is 0. The van der Waals surface area contributed by atoms with Crippen molar-refractivity contribution in [2.75, 3.05) is 0 Å². The summed E-state index contributed by atoms with van der Waals surface area (Å²) in [4.78, 5) is 9.94. The molecule has 0 fully saturated rings. The standard InChI is InChI=1S/C34H22BN3/c35-28-15-9-17-32-33(28)27-14-7-8-16-31(27)38(32)26-20-18-25(19-21-26)34-36-29(23-10-3-1-4-11-23)22-30(37-34)24-12-5-2-6-13-24/h1-22H. The lowest BCUT2D eigenvalue weighted by molar-refractivity contribution is 1.16. The lowest BCUT2D eigenvalue weighted by Gasteiger charge is -2.11. The van der Waals surface area contributed by atoms with E-state index in [1.165, 1.54) is 0 Å². The summed E-state index contributed by atoms with van der Waals surface area (Å²) in [6, 6.07) is 45.5. The van der Waals surface area contributed by atoms with Crippen molar-refractivity contribution in [1.29, 1.82) is 0 Å². The van der Waals surface area contributed by atoms with Gasteiger partial charge in [0.1, 0.15) is 7.85 Å². The monoisotopic (exact) mass is 483 g/mol. The summed E-state index contributed by atoms with van der Waals surface area (Å²) in [7, 11) is 6.41. The number of fused-ring (bicyclic) bond motifs is 3. The maximum absolute atomic E-state index is 6.41. The molecule has 4 heteroatoms. The quantitative estimate of drug-likeness (QED) is 0.245. The second-order valence-electron chi connectivity index (χ2n) is 9.33. The van der Waals surface area contributed by atoms with Crippen molar-refractivity contribution in [1.82, 2.24) is 14.5 Å². The van der Waals surface area contributed by atoms with Gasteiger partial charge in [-0.2, -0.15) is 0 Å². The van der Waals surface area contributed by atoms with Crippen molar-refractivity contribution < 1.29 is 0 Å². The van der Waals surface area contributed by atoms with Gasteiger partial charge >= 0.3 is 0 Å². The van der Waals surface area contributed by atoms with Crippen molar-refractivity contribution in [3.8, 4) is 39.6 Å². The van der Waals surface area contributed by atoms with E-state index >= 15 is 0 Å². The smallest absolute Gasteiger partial charge is 0.160 e. The molecule has 2 aromatic heterocycles. The predicted octanol–water partition coefficient (Wildman–Crippen LogP) is 7.37. The first-order valence-corrected chi connectivity index (χ1v) is 12.6. The molecule has 2 heterocycles. The lowest BCUT2D eigenvalue weighted by atomic mass is 9.91. The Morgan fingerprint density at radius 2 is 1.08 bits per heavy atom. The minimum atomic E-state index is 0.697. The summed E-state index contributed by atoms with van der Waals surface area (Å²) in [6.45, 7) is 0. The first-order valence-electron chi connectivity index (χ1n) is 12.6. The first-order chi connectivity index (χ1) is 18.8. The molecule has 3 nitrogen and oxygen atoms in total. The third kappa shape index (κ3) is 3.79. The summed E-state index contributed by atoms with van der Waals surface area (Å²) in [5, 5.41) is 2.23. The molecule has 176 valence electrons. The van der Waals surface area contributed by atoms with Gasteiger partial charge in [0.15, 0.2) is 5.82 Å². The Morgan fingerprint density at radius 3 is 1.74 bits per heavy atom. The van der Waals surface area contributed by atoms with Crippen LogP contribution in [-0.2, 0) is 0 Å². The zero-order valence-electron chi connectivity index (χ0n) is 20.6. The number of hydrogen-bond acceptors (Lipinski definition) is 2. The highest BCUT2D eigenvalue weighted by atomic mass is 15.0. The molecule has 0 bridgehead atoms. The topological polar surface area (TPSA) is 30.7 Å². The van der Waals surface area contributed by atoms with E-state index < -0.39 is 0 Å². The van der Waals surface area contributed by atoms with Gasteiger partial charge in [0.2, 0.25) is 0 Å². The number of rotatable bonds is 4. The van der Waals surface area contributed by atoms with E-state index in [9.17, 15) is 0 Å². The molecule has 7 aromatic rings. The molecule has 7 rings (SSSR count). The summed E-state index contributed by atoms with van der Waals surface area (Å²) < 4.78 is 2.27. The van der Waals surface area contributed by atoms with Crippen LogP contribution in [0.2, 0.25) is 0 Å². The predicted molar refractivity (Wildman–Crippen MR) is 158 cm³/mol. The van der Waals surface area contributed by atoms with E-state index in [0.717, 1.165) is 61.0 Å². The number of nitrogens with zero attached hydrogens (tertiary/aromatic N) is 3. The van der Waals surface area contributed by atoms with E-state index in [1.54, 1.807) is 0 Å². The maximum atomic E-state index is 6.41. The van der Waals surface area contributed by atoms with E-state index in [1.807, 2.05) is 48.5 Å². The molecule has 0 aliphatic carbocycles. The third-order valence-corrected chi connectivity index (χ3v) is 6.98. The fourth-order valence-electron chi connectivity index (χ4n) is 5.17. The molecule has 5 aromatic carbocycles. The molecule has 0 aliphatic heterocycles. The molecule has 0 aliphatic rings. The first kappa shape index (κ1) is 22.3. The average Bonchev–Trinajstić information content (AvgIpc) is 3.33. The van der Waals surface area contributed by atoms with Crippen LogP contribution in [0.15, 0.2) is 133 Å². The van der Waals surface area contributed by atoms with Crippen molar-refractivity contribution in [3.63, 3.8) is 0 Å². The van der Waals surface area contributed by atoms with Crippen LogP contribution in [0.5, 0.6) is 0 Å². The zero-order chi connectivity index (χ0) is 25.5. The lowest BCUT2D eigenvalue weighted by Crippen LogP contribution is -2.02. The molecule has 0 saturated heterocycles. The van der Waals surface area contributed by atoms with Crippen molar-refractivity contribution in [2.45, 2.75) is 0 Å². The molecule has 38 heavy (non-hydrogen) atoms. The molecular weight excluding hydrogens is 461 g/mol. The summed E-state index contributed by atoms with van der Waals surface area (Å²) in [6.07, 6.45) is 0. The fourth-order valence-corrected chi connectivity index (χ4v) is 5.17. The van der Waals surface area contributed by atoms with Gasteiger partial charge in [0.25, 0.3) is 0 Å². The van der Waals surface area contributed by atoms with Crippen LogP contribution in [-0.4, -0.2) is 22.4 Å². The van der Waals surface area contributed by atoms with Gasteiger partial charge < -0.3 is 4.57 Å². The minimum Gasteiger partial charge on any atom is -0.309 e. The van der Waals surface area contributed by atoms with Gasteiger partial charge in [-0.3, -0.25) is 0 Å². The Bertz CT molecular complexity index is 1850. The van der Waals surface area contributed by atoms with Gasteiger partial charge in [-0.25, -0.2) is 9.97 Å².